The molecule has 0 heterocycles. The van der Waals surface area contributed by atoms with Crippen LogP contribution in [0, 0.1) is 16.7 Å². The van der Waals surface area contributed by atoms with E-state index < -0.39 is 0 Å². The smallest absolute Gasteiger partial charge is 0.119 e. The second-order valence-electron chi connectivity index (χ2n) is 4.40. The van der Waals surface area contributed by atoms with Gasteiger partial charge in [-0.3, -0.25) is 0 Å². The van der Waals surface area contributed by atoms with E-state index in [2.05, 4.69) is 6.07 Å². The molecule has 0 saturated heterocycles. The standard InChI is InChI=1S/C13H17NO2/c1-13(2,10-14)7-8-16-12-5-3-11(9-15)4-6-12/h3-6,15H,7-9H2,1-2H3. The Morgan fingerprint density at radius 1 is 1.31 bits per heavy atom. The first-order valence-electron chi connectivity index (χ1n) is 5.31. The number of aliphatic hydroxyl groups excluding tert-OH is 1. The molecule has 0 amide bonds. The Bertz CT molecular complexity index is 363. The van der Waals surface area contributed by atoms with Gasteiger partial charge in [0.1, 0.15) is 5.75 Å². The van der Waals surface area contributed by atoms with Gasteiger partial charge in [-0.15, -0.1) is 0 Å². The number of benzene rings is 1. The highest BCUT2D eigenvalue weighted by Gasteiger charge is 2.16. The Hall–Kier alpha value is -1.53. The zero-order chi connectivity index (χ0) is 12.0. The molecule has 3 nitrogen and oxygen atoms in total. The fraction of sp³-hybridized carbons (Fsp3) is 0.462. The fourth-order valence-corrected chi connectivity index (χ4v) is 1.17. The Labute approximate surface area is 96.3 Å². The van der Waals surface area contributed by atoms with Crippen LogP contribution in [-0.2, 0) is 6.61 Å². The summed E-state index contributed by atoms with van der Waals surface area (Å²) in [6, 6.07) is 9.53. The minimum atomic E-state index is -0.342. The van der Waals surface area contributed by atoms with Gasteiger partial charge in [0, 0.05) is 0 Å². The van der Waals surface area contributed by atoms with Crippen molar-refractivity contribution in [2.75, 3.05) is 6.61 Å². The lowest BCUT2D eigenvalue weighted by atomic mass is 9.92. The van der Waals surface area contributed by atoms with E-state index in [1.807, 2.05) is 38.1 Å². The number of aliphatic hydroxyl groups is 1. The third-order valence-corrected chi connectivity index (χ3v) is 2.40. The van der Waals surface area contributed by atoms with Gasteiger partial charge >= 0.3 is 0 Å². The molecule has 0 radical (unpaired) electrons. The average Bonchev–Trinajstić information content (AvgIpc) is 2.30. The van der Waals surface area contributed by atoms with Crippen LogP contribution in [0.15, 0.2) is 24.3 Å². The normalized spacial score (nSPS) is 10.9. The van der Waals surface area contributed by atoms with Crippen molar-refractivity contribution in [3.8, 4) is 11.8 Å². The van der Waals surface area contributed by atoms with E-state index in [1.54, 1.807) is 0 Å². The highest BCUT2D eigenvalue weighted by Crippen LogP contribution is 2.19. The predicted octanol–water partition coefficient (Wildman–Crippen LogP) is 2.50. The van der Waals surface area contributed by atoms with Crippen molar-refractivity contribution in [3.05, 3.63) is 29.8 Å². The van der Waals surface area contributed by atoms with Crippen LogP contribution in [0.4, 0.5) is 0 Å². The molecule has 0 unspecified atom stereocenters. The molecule has 0 aliphatic heterocycles. The molecule has 0 aliphatic rings. The summed E-state index contributed by atoms with van der Waals surface area (Å²) < 4.78 is 5.51. The molecule has 1 N–H and O–H groups in total. The van der Waals surface area contributed by atoms with Crippen molar-refractivity contribution in [1.29, 1.82) is 5.26 Å². The van der Waals surface area contributed by atoms with Crippen molar-refractivity contribution in [1.82, 2.24) is 0 Å². The molecule has 16 heavy (non-hydrogen) atoms. The molecule has 0 bridgehead atoms. The van der Waals surface area contributed by atoms with Crippen LogP contribution in [0.25, 0.3) is 0 Å². The Kier molecular flexibility index (Phi) is 4.33. The molecule has 0 saturated carbocycles. The maximum Gasteiger partial charge on any atom is 0.119 e. The lowest BCUT2D eigenvalue weighted by Gasteiger charge is -2.15. The van der Waals surface area contributed by atoms with Gasteiger partial charge in [0.05, 0.1) is 24.7 Å². The molecule has 0 aromatic heterocycles. The van der Waals surface area contributed by atoms with Crippen molar-refractivity contribution < 1.29 is 9.84 Å². The molecule has 0 spiro atoms. The van der Waals surface area contributed by atoms with Gasteiger partial charge in [-0.1, -0.05) is 12.1 Å². The third kappa shape index (κ3) is 3.92. The summed E-state index contributed by atoms with van der Waals surface area (Å²) in [6.07, 6.45) is 0.700. The second kappa shape index (κ2) is 5.53. The highest BCUT2D eigenvalue weighted by atomic mass is 16.5. The summed E-state index contributed by atoms with van der Waals surface area (Å²) in [5.74, 6) is 0.769. The van der Waals surface area contributed by atoms with Crippen LogP contribution in [-0.4, -0.2) is 11.7 Å². The van der Waals surface area contributed by atoms with E-state index in [0.29, 0.717) is 13.0 Å². The van der Waals surface area contributed by atoms with Crippen LogP contribution < -0.4 is 4.74 Å². The summed E-state index contributed by atoms with van der Waals surface area (Å²) in [4.78, 5) is 0. The summed E-state index contributed by atoms with van der Waals surface area (Å²) in [6.45, 7) is 4.36. The number of rotatable bonds is 5. The molecule has 0 fully saturated rings. The van der Waals surface area contributed by atoms with Crippen LogP contribution in [0.1, 0.15) is 25.8 Å². The van der Waals surface area contributed by atoms with Crippen LogP contribution >= 0.6 is 0 Å². The van der Waals surface area contributed by atoms with Crippen LogP contribution in [0.5, 0.6) is 5.75 Å². The number of nitrogens with zero attached hydrogens (tertiary/aromatic N) is 1. The van der Waals surface area contributed by atoms with E-state index in [1.165, 1.54) is 0 Å². The maximum absolute atomic E-state index is 8.87. The summed E-state index contributed by atoms with van der Waals surface area (Å²) >= 11 is 0. The quantitative estimate of drug-likeness (QED) is 0.827. The largest absolute Gasteiger partial charge is 0.494 e. The Morgan fingerprint density at radius 3 is 2.44 bits per heavy atom. The molecule has 1 aromatic rings. The van der Waals surface area contributed by atoms with Crippen molar-refractivity contribution >= 4 is 0 Å². The highest BCUT2D eigenvalue weighted by molar-refractivity contribution is 5.26. The third-order valence-electron chi connectivity index (χ3n) is 2.40. The first-order chi connectivity index (χ1) is 7.57. The monoisotopic (exact) mass is 219 g/mol. The van der Waals surface area contributed by atoms with Crippen LogP contribution in [0.2, 0.25) is 0 Å². The van der Waals surface area contributed by atoms with Crippen molar-refractivity contribution in [2.45, 2.75) is 26.9 Å². The zero-order valence-corrected chi connectivity index (χ0v) is 9.73. The number of ether oxygens (including phenoxy) is 1. The van der Waals surface area contributed by atoms with Crippen LogP contribution in [0.3, 0.4) is 0 Å². The van der Waals surface area contributed by atoms with Gasteiger partial charge in [0.25, 0.3) is 0 Å². The Morgan fingerprint density at radius 2 is 1.94 bits per heavy atom. The fourth-order valence-electron chi connectivity index (χ4n) is 1.17. The van der Waals surface area contributed by atoms with E-state index in [-0.39, 0.29) is 12.0 Å². The topological polar surface area (TPSA) is 53.2 Å². The summed E-state index contributed by atoms with van der Waals surface area (Å²) in [5.41, 5.74) is 0.523. The molecule has 1 rings (SSSR count). The molecular weight excluding hydrogens is 202 g/mol. The molecule has 1 aromatic carbocycles. The number of hydrogen-bond donors (Lipinski definition) is 1. The van der Waals surface area contributed by atoms with Gasteiger partial charge in [-0.25, -0.2) is 0 Å². The van der Waals surface area contributed by atoms with E-state index >= 15 is 0 Å². The first-order valence-corrected chi connectivity index (χ1v) is 5.31. The van der Waals surface area contributed by atoms with E-state index in [0.717, 1.165) is 11.3 Å². The minimum absolute atomic E-state index is 0.0434. The van der Waals surface area contributed by atoms with Crippen molar-refractivity contribution in [3.63, 3.8) is 0 Å². The van der Waals surface area contributed by atoms with Gasteiger partial charge in [-0.2, -0.15) is 5.26 Å². The lowest BCUT2D eigenvalue weighted by Crippen LogP contribution is -2.13. The van der Waals surface area contributed by atoms with Gasteiger partial charge in [-0.05, 0) is 38.0 Å². The zero-order valence-electron chi connectivity index (χ0n) is 9.73. The van der Waals surface area contributed by atoms with Gasteiger partial charge < -0.3 is 9.84 Å². The number of nitriles is 1. The molecule has 3 heteroatoms. The van der Waals surface area contributed by atoms with E-state index in [4.69, 9.17) is 15.1 Å². The van der Waals surface area contributed by atoms with Gasteiger partial charge in [0.15, 0.2) is 0 Å². The maximum atomic E-state index is 8.87. The predicted molar refractivity (Wildman–Crippen MR) is 61.9 cm³/mol. The second-order valence-corrected chi connectivity index (χ2v) is 4.40. The van der Waals surface area contributed by atoms with E-state index in [9.17, 15) is 0 Å². The summed E-state index contributed by atoms with van der Waals surface area (Å²) in [7, 11) is 0. The first kappa shape index (κ1) is 12.5. The molecule has 0 aliphatic carbocycles. The summed E-state index contributed by atoms with van der Waals surface area (Å²) in [5, 5.41) is 17.7. The minimum Gasteiger partial charge on any atom is -0.494 e. The molecule has 0 atom stereocenters. The number of hydrogen-bond acceptors (Lipinski definition) is 3. The molecule has 86 valence electrons. The molecular formula is C13H17NO2. The average molecular weight is 219 g/mol. The van der Waals surface area contributed by atoms with Crippen molar-refractivity contribution in [2.24, 2.45) is 5.41 Å². The Balaban J connectivity index is 2.41. The lowest BCUT2D eigenvalue weighted by molar-refractivity contribution is 0.263. The van der Waals surface area contributed by atoms with Gasteiger partial charge in [0.2, 0.25) is 0 Å². The SMILES string of the molecule is CC(C)(C#N)CCOc1ccc(CO)cc1.